The van der Waals surface area contributed by atoms with Crippen molar-refractivity contribution in [2.45, 2.75) is 19.4 Å². The van der Waals surface area contributed by atoms with E-state index in [9.17, 15) is 0 Å². The average molecular weight is 328 g/mol. The topological polar surface area (TPSA) is 56.3 Å². The summed E-state index contributed by atoms with van der Waals surface area (Å²) in [7, 11) is 3.12. The van der Waals surface area contributed by atoms with Gasteiger partial charge in [0.15, 0.2) is 0 Å². The molecule has 0 aliphatic heterocycles. The van der Waals surface area contributed by atoms with E-state index in [1.807, 2.05) is 11.4 Å². The molecule has 0 aromatic carbocycles. The first-order valence-corrected chi connectivity index (χ1v) is 7.88. The van der Waals surface area contributed by atoms with Crippen LogP contribution in [0.5, 0.6) is 11.8 Å². The summed E-state index contributed by atoms with van der Waals surface area (Å²) in [5.41, 5.74) is 0.705. The zero-order chi connectivity index (χ0) is 15.2. The molecule has 0 bridgehead atoms. The number of halogens is 1. The second kappa shape index (κ2) is 7.59. The highest BCUT2D eigenvalue weighted by atomic mass is 35.5. The zero-order valence-electron chi connectivity index (χ0n) is 12.2. The van der Waals surface area contributed by atoms with Crippen LogP contribution >= 0.6 is 22.9 Å². The van der Waals surface area contributed by atoms with E-state index >= 15 is 0 Å². The Morgan fingerprint density at radius 3 is 2.76 bits per heavy atom. The van der Waals surface area contributed by atoms with Gasteiger partial charge in [0.05, 0.1) is 31.5 Å². The highest BCUT2D eigenvalue weighted by Gasteiger charge is 2.24. The molecule has 7 heteroatoms. The highest BCUT2D eigenvalue weighted by Crippen LogP contribution is 2.35. The highest BCUT2D eigenvalue weighted by molar-refractivity contribution is 7.10. The Labute approximate surface area is 133 Å². The lowest BCUT2D eigenvalue weighted by molar-refractivity contribution is 0.352. The van der Waals surface area contributed by atoms with Gasteiger partial charge in [-0.1, -0.05) is 18.5 Å². The van der Waals surface area contributed by atoms with Crippen LogP contribution in [0.2, 0.25) is 5.02 Å². The van der Waals surface area contributed by atoms with Crippen LogP contribution in [-0.2, 0) is 0 Å². The molecule has 0 spiro atoms. The first-order valence-electron chi connectivity index (χ1n) is 6.62. The third-order valence-corrected chi connectivity index (χ3v) is 4.35. The molecule has 2 aromatic rings. The fourth-order valence-corrected chi connectivity index (χ4v) is 3.17. The van der Waals surface area contributed by atoms with Gasteiger partial charge < -0.3 is 14.8 Å². The third-order valence-electron chi connectivity index (χ3n) is 2.93. The second-order valence-electron chi connectivity index (χ2n) is 4.33. The lowest BCUT2D eigenvalue weighted by Gasteiger charge is -2.19. The summed E-state index contributed by atoms with van der Waals surface area (Å²) < 4.78 is 10.4. The fourth-order valence-electron chi connectivity index (χ4n) is 1.93. The molecule has 5 nitrogen and oxygen atoms in total. The van der Waals surface area contributed by atoms with Gasteiger partial charge in [-0.25, -0.2) is 4.98 Å². The van der Waals surface area contributed by atoms with Crippen LogP contribution in [0.4, 0.5) is 0 Å². The molecule has 2 rings (SSSR count). The summed E-state index contributed by atoms with van der Waals surface area (Å²) in [6.45, 7) is 2.95. The quantitative estimate of drug-likeness (QED) is 0.845. The van der Waals surface area contributed by atoms with Crippen LogP contribution in [0.15, 0.2) is 17.6 Å². The number of hydrogen-bond acceptors (Lipinski definition) is 6. The molecule has 2 aromatic heterocycles. The molecular formula is C14H18ClN3O2S. The fraction of sp³-hybridized carbons (Fsp3) is 0.429. The molecule has 0 saturated carbocycles. The van der Waals surface area contributed by atoms with Crippen LogP contribution in [-0.4, -0.2) is 30.7 Å². The van der Waals surface area contributed by atoms with Crippen molar-refractivity contribution in [2.75, 3.05) is 20.8 Å². The number of nitrogens with zero attached hydrogens (tertiary/aromatic N) is 2. The second-order valence-corrected chi connectivity index (χ2v) is 5.68. The summed E-state index contributed by atoms with van der Waals surface area (Å²) in [5.74, 6) is 0.856. The van der Waals surface area contributed by atoms with Crippen molar-refractivity contribution < 1.29 is 9.47 Å². The van der Waals surface area contributed by atoms with Crippen molar-refractivity contribution in [3.63, 3.8) is 0 Å². The number of rotatable bonds is 7. The SMILES string of the molecule is CCCNC(c1ncc(OC)nc1OC)c1sccc1Cl. The van der Waals surface area contributed by atoms with Gasteiger partial charge in [-0.05, 0) is 24.4 Å². The number of thiophene rings is 1. The van der Waals surface area contributed by atoms with Gasteiger partial charge in [0.2, 0.25) is 11.8 Å². The zero-order valence-corrected chi connectivity index (χ0v) is 13.8. The minimum Gasteiger partial charge on any atom is -0.480 e. The Balaban J connectivity index is 2.43. The van der Waals surface area contributed by atoms with Crippen molar-refractivity contribution in [2.24, 2.45) is 0 Å². The monoisotopic (exact) mass is 327 g/mol. The molecule has 0 radical (unpaired) electrons. The predicted molar refractivity (Wildman–Crippen MR) is 84.6 cm³/mol. The lowest BCUT2D eigenvalue weighted by atomic mass is 10.1. The normalized spacial score (nSPS) is 12.2. The van der Waals surface area contributed by atoms with Gasteiger partial charge in [0.1, 0.15) is 5.69 Å². The van der Waals surface area contributed by atoms with Crippen LogP contribution in [0.3, 0.4) is 0 Å². The first kappa shape index (κ1) is 16.0. The molecular weight excluding hydrogens is 310 g/mol. The number of ether oxygens (including phenoxy) is 2. The van der Waals surface area contributed by atoms with Crippen molar-refractivity contribution in [1.29, 1.82) is 0 Å². The van der Waals surface area contributed by atoms with Crippen molar-refractivity contribution in [3.8, 4) is 11.8 Å². The van der Waals surface area contributed by atoms with Crippen molar-refractivity contribution in [1.82, 2.24) is 15.3 Å². The van der Waals surface area contributed by atoms with E-state index in [4.69, 9.17) is 21.1 Å². The molecule has 1 N–H and O–H groups in total. The van der Waals surface area contributed by atoms with Crippen molar-refractivity contribution in [3.05, 3.63) is 33.2 Å². The molecule has 0 aliphatic rings. The van der Waals surface area contributed by atoms with Gasteiger partial charge in [-0.3, -0.25) is 0 Å². The van der Waals surface area contributed by atoms with E-state index in [0.29, 0.717) is 22.5 Å². The van der Waals surface area contributed by atoms with Gasteiger partial charge in [0, 0.05) is 4.88 Å². The minimum atomic E-state index is -0.147. The average Bonchev–Trinajstić information content (AvgIpc) is 2.94. The molecule has 2 heterocycles. The van der Waals surface area contributed by atoms with Crippen LogP contribution in [0, 0.1) is 0 Å². The van der Waals surface area contributed by atoms with Crippen LogP contribution in [0.25, 0.3) is 0 Å². The van der Waals surface area contributed by atoms with E-state index in [2.05, 4.69) is 22.2 Å². The minimum absolute atomic E-state index is 0.147. The Hall–Kier alpha value is -1.37. The van der Waals surface area contributed by atoms with E-state index in [-0.39, 0.29) is 6.04 Å². The summed E-state index contributed by atoms with van der Waals surface area (Å²) in [4.78, 5) is 9.74. The predicted octanol–water partition coefficient (Wildman–Crippen LogP) is 3.30. The van der Waals surface area contributed by atoms with E-state index < -0.39 is 0 Å². The summed E-state index contributed by atoms with van der Waals surface area (Å²) in [6.07, 6.45) is 2.59. The largest absolute Gasteiger partial charge is 0.480 e. The summed E-state index contributed by atoms with van der Waals surface area (Å²) in [5, 5.41) is 6.12. The number of nitrogens with one attached hydrogen (secondary N) is 1. The lowest BCUT2D eigenvalue weighted by Crippen LogP contribution is -2.24. The molecule has 1 unspecified atom stereocenters. The first-order chi connectivity index (χ1) is 10.2. The van der Waals surface area contributed by atoms with Gasteiger partial charge in [-0.15, -0.1) is 11.3 Å². The summed E-state index contributed by atoms with van der Waals surface area (Å²) >= 11 is 7.86. The molecule has 0 saturated heterocycles. The number of hydrogen-bond donors (Lipinski definition) is 1. The third kappa shape index (κ3) is 3.64. The van der Waals surface area contributed by atoms with E-state index in [1.165, 1.54) is 0 Å². The Bertz CT molecular complexity index is 591. The molecule has 0 amide bonds. The molecule has 21 heavy (non-hydrogen) atoms. The number of aromatic nitrogens is 2. The van der Waals surface area contributed by atoms with E-state index in [0.717, 1.165) is 17.8 Å². The van der Waals surface area contributed by atoms with E-state index in [1.54, 1.807) is 31.8 Å². The standard InChI is InChI=1S/C14H18ClN3O2S/c1-4-6-16-11(13-9(15)5-7-21-13)12-14(20-3)18-10(19-2)8-17-12/h5,7-8,11,16H,4,6H2,1-3H3. The number of methoxy groups -OCH3 is 2. The molecule has 1 atom stereocenters. The molecule has 0 aliphatic carbocycles. The summed E-state index contributed by atoms with van der Waals surface area (Å²) in [6, 6.07) is 1.73. The van der Waals surface area contributed by atoms with Gasteiger partial charge in [0.25, 0.3) is 0 Å². The van der Waals surface area contributed by atoms with Gasteiger partial charge in [-0.2, -0.15) is 4.98 Å². The maximum absolute atomic E-state index is 6.27. The van der Waals surface area contributed by atoms with Crippen LogP contribution in [0.1, 0.15) is 30.0 Å². The molecule has 0 fully saturated rings. The Morgan fingerprint density at radius 1 is 1.38 bits per heavy atom. The van der Waals surface area contributed by atoms with Gasteiger partial charge >= 0.3 is 0 Å². The van der Waals surface area contributed by atoms with Crippen LogP contribution < -0.4 is 14.8 Å². The smallest absolute Gasteiger partial charge is 0.240 e. The van der Waals surface area contributed by atoms with Crippen molar-refractivity contribution >= 4 is 22.9 Å². The molecule has 114 valence electrons. The Kier molecular flexibility index (Phi) is 5.78. The maximum atomic E-state index is 6.27. The Morgan fingerprint density at radius 2 is 2.19 bits per heavy atom. The maximum Gasteiger partial charge on any atom is 0.240 e.